The third-order valence-electron chi connectivity index (χ3n) is 9.21. The zero-order valence-electron chi connectivity index (χ0n) is 28.1. The number of nitrogens with one attached hydrogen (secondary N) is 6. The lowest BCUT2D eigenvalue weighted by atomic mass is 10.0. The highest BCUT2D eigenvalue weighted by atomic mass is 16.4. The molecule has 0 aliphatic rings. The molecular weight excluding hydrogens is 664 g/mol. The maximum absolute atomic E-state index is 14.0. The monoisotopic (exact) mass is 704 g/mol. The van der Waals surface area contributed by atoms with Crippen molar-refractivity contribution >= 4 is 62.3 Å². The van der Waals surface area contributed by atoms with E-state index in [4.69, 9.17) is 11.5 Å². The number of carboxylic acids is 1. The fourth-order valence-electron chi connectivity index (χ4n) is 6.46. The van der Waals surface area contributed by atoms with Gasteiger partial charge in [-0.05, 0) is 47.7 Å². The van der Waals surface area contributed by atoms with Gasteiger partial charge in [0.2, 0.25) is 23.6 Å². The summed E-state index contributed by atoms with van der Waals surface area (Å²) in [6.07, 6.45) is 4.92. The minimum atomic E-state index is -1.33. The van der Waals surface area contributed by atoms with Gasteiger partial charge in [0.1, 0.15) is 18.1 Å². The smallest absolute Gasteiger partial charge is 0.326 e. The van der Waals surface area contributed by atoms with E-state index in [1.54, 1.807) is 18.6 Å². The molecule has 11 N–H and O–H groups in total. The van der Waals surface area contributed by atoms with Crippen molar-refractivity contribution in [3.63, 3.8) is 0 Å². The Morgan fingerprint density at radius 3 is 1.46 bits per heavy atom. The van der Waals surface area contributed by atoms with Gasteiger partial charge in [0.25, 0.3) is 0 Å². The fraction of sp³-hybridized carbons (Fsp3) is 0.237. The topological polar surface area (TPSA) is 241 Å². The van der Waals surface area contributed by atoms with Gasteiger partial charge < -0.3 is 47.5 Å². The molecule has 0 bridgehead atoms. The molecule has 0 saturated heterocycles. The van der Waals surface area contributed by atoms with Crippen LogP contribution in [-0.2, 0) is 43.2 Å². The lowest BCUT2D eigenvalue weighted by Gasteiger charge is -2.25. The van der Waals surface area contributed by atoms with Gasteiger partial charge in [0, 0.05) is 70.6 Å². The molecule has 14 heteroatoms. The first-order valence-electron chi connectivity index (χ1n) is 16.9. The number of H-pyrrole nitrogens is 3. The number of carboxylic acid groups (broad SMARTS) is 1. The minimum Gasteiger partial charge on any atom is -0.480 e. The second-order valence-electron chi connectivity index (χ2n) is 12.8. The van der Waals surface area contributed by atoms with Gasteiger partial charge >= 0.3 is 5.97 Å². The summed E-state index contributed by atoms with van der Waals surface area (Å²) in [6.45, 7) is 0. The number of amides is 4. The number of carbonyl (C=O) groups is 5. The minimum absolute atomic E-state index is 0.0163. The second-order valence-corrected chi connectivity index (χ2v) is 12.8. The molecule has 6 rings (SSSR count). The van der Waals surface area contributed by atoms with Crippen LogP contribution in [0.25, 0.3) is 32.7 Å². The van der Waals surface area contributed by atoms with Gasteiger partial charge in [-0.25, -0.2) is 4.79 Å². The molecular formula is C38H40N8O6. The molecule has 4 amide bonds. The molecule has 4 unspecified atom stereocenters. The molecule has 14 nitrogen and oxygen atoms in total. The number of aromatic nitrogens is 3. The van der Waals surface area contributed by atoms with Crippen LogP contribution in [0.15, 0.2) is 91.4 Å². The van der Waals surface area contributed by atoms with Crippen LogP contribution in [0.2, 0.25) is 0 Å². The molecule has 0 radical (unpaired) electrons. The predicted octanol–water partition coefficient (Wildman–Crippen LogP) is 2.29. The maximum atomic E-state index is 14.0. The van der Waals surface area contributed by atoms with E-state index in [9.17, 15) is 29.1 Å². The van der Waals surface area contributed by atoms with Crippen molar-refractivity contribution in [3.8, 4) is 0 Å². The number of hydrogen-bond donors (Lipinski definition) is 9. The van der Waals surface area contributed by atoms with Gasteiger partial charge in [-0.15, -0.1) is 0 Å². The van der Waals surface area contributed by atoms with E-state index in [-0.39, 0.29) is 32.1 Å². The highest BCUT2D eigenvalue weighted by Gasteiger charge is 2.32. The summed E-state index contributed by atoms with van der Waals surface area (Å²) in [4.78, 5) is 74.8. The Hall–Kier alpha value is -6.41. The molecule has 3 heterocycles. The van der Waals surface area contributed by atoms with Crippen molar-refractivity contribution in [2.45, 2.75) is 56.3 Å². The summed E-state index contributed by atoms with van der Waals surface area (Å²) in [5, 5.41) is 20.6. The zero-order valence-corrected chi connectivity index (χ0v) is 28.1. The molecule has 0 spiro atoms. The Balaban J connectivity index is 1.22. The van der Waals surface area contributed by atoms with E-state index >= 15 is 0 Å². The second kappa shape index (κ2) is 15.6. The van der Waals surface area contributed by atoms with E-state index in [1.165, 1.54) is 0 Å². The van der Waals surface area contributed by atoms with Crippen molar-refractivity contribution in [2.75, 3.05) is 0 Å². The van der Waals surface area contributed by atoms with E-state index < -0.39 is 53.8 Å². The number of aromatic amines is 3. The highest BCUT2D eigenvalue weighted by molar-refractivity contribution is 5.96. The summed E-state index contributed by atoms with van der Waals surface area (Å²) < 4.78 is 0. The van der Waals surface area contributed by atoms with Gasteiger partial charge in [0.15, 0.2) is 0 Å². The fourth-order valence-corrected chi connectivity index (χ4v) is 6.46. The number of nitrogens with two attached hydrogens (primary N) is 2. The van der Waals surface area contributed by atoms with E-state index in [0.29, 0.717) is 11.1 Å². The third-order valence-corrected chi connectivity index (χ3v) is 9.21. The normalized spacial score (nSPS) is 13.7. The summed E-state index contributed by atoms with van der Waals surface area (Å²) in [5.41, 5.74) is 16.4. The Morgan fingerprint density at radius 2 is 0.981 bits per heavy atom. The Bertz CT molecular complexity index is 2250. The Labute approximate surface area is 297 Å². The number of fused-ring (bicyclic) bond motifs is 3. The van der Waals surface area contributed by atoms with E-state index in [0.717, 1.165) is 38.3 Å². The molecule has 268 valence electrons. The summed E-state index contributed by atoms with van der Waals surface area (Å²) in [5.74, 6) is -4.10. The summed E-state index contributed by atoms with van der Waals surface area (Å²) in [7, 11) is 0. The average molecular weight is 705 g/mol. The average Bonchev–Trinajstić information content (AvgIpc) is 3.86. The SMILES string of the molecule is NC(=O)CCC(NC(=O)C(N)Cc1c[nH]c2ccccc12)C(=O)NC(Cc1c[nH]c2ccccc12)C(=O)NC(Cc1c[nH]c2ccccc12)C(=O)O. The van der Waals surface area contributed by atoms with Crippen LogP contribution in [0.4, 0.5) is 0 Å². The third kappa shape index (κ3) is 8.13. The molecule has 0 aliphatic heterocycles. The van der Waals surface area contributed by atoms with Crippen LogP contribution in [0.5, 0.6) is 0 Å². The number of primary amides is 1. The van der Waals surface area contributed by atoms with Crippen LogP contribution < -0.4 is 27.4 Å². The predicted molar refractivity (Wildman–Crippen MR) is 196 cm³/mol. The van der Waals surface area contributed by atoms with Crippen molar-refractivity contribution in [1.82, 2.24) is 30.9 Å². The molecule has 6 aromatic rings. The molecule has 0 aliphatic carbocycles. The number of rotatable bonds is 16. The quantitative estimate of drug-likeness (QED) is 0.0727. The first kappa shape index (κ1) is 35.4. The van der Waals surface area contributed by atoms with Crippen molar-refractivity contribution in [1.29, 1.82) is 0 Å². The van der Waals surface area contributed by atoms with Gasteiger partial charge in [-0.3, -0.25) is 19.2 Å². The Morgan fingerprint density at radius 1 is 0.577 bits per heavy atom. The number of aliphatic carboxylic acids is 1. The van der Waals surface area contributed by atoms with Crippen molar-refractivity contribution in [2.24, 2.45) is 11.5 Å². The maximum Gasteiger partial charge on any atom is 0.326 e. The Kier molecular flexibility index (Phi) is 10.7. The van der Waals surface area contributed by atoms with Gasteiger partial charge in [-0.1, -0.05) is 54.6 Å². The number of carbonyl (C=O) groups excluding carboxylic acids is 4. The van der Waals surface area contributed by atoms with Crippen LogP contribution in [-0.4, -0.2) is 73.8 Å². The summed E-state index contributed by atoms with van der Waals surface area (Å²) in [6, 6.07) is 17.5. The molecule has 0 saturated carbocycles. The zero-order chi connectivity index (χ0) is 36.8. The van der Waals surface area contributed by atoms with Crippen LogP contribution in [0.3, 0.4) is 0 Å². The number of hydrogen-bond acceptors (Lipinski definition) is 6. The largest absolute Gasteiger partial charge is 0.480 e. The van der Waals surface area contributed by atoms with Gasteiger partial charge in [0.05, 0.1) is 6.04 Å². The molecule has 4 atom stereocenters. The van der Waals surface area contributed by atoms with Gasteiger partial charge in [-0.2, -0.15) is 0 Å². The number of para-hydroxylation sites is 3. The molecule has 52 heavy (non-hydrogen) atoms. The van der Waals surface area contributed by atoms with E-state index in [1.807, 2.05) is 72.8 Å². The van der Waals surface area contributed by atoms with Crippen molar-refractivity contribution in [3.05, 3.63) is 108 Å². The summed E-state index contributed by atoms with van der Waals surface area (Å²) >= 11 is 0. The van der Waals surface area contributed by atoms with Crippen molar-refractivity contribution < 1.29 is 29.1 Å². The first-order chi connectivity index (χ1) is 25.1. The standard InChI is InChI=1S/C38H40N8O6/c39-27(15-21-18-41-28-10-4-1-7-24(21)28)35(48)44-31(13-14-34(40)47)36(49)45-32(16-22-19-42-29-11-5-2-8-25(22)29)37(50)46-33(38(51)52)17-23-20-43-30-12-6-3-9-26(23)30/h1-12,18-20,27,31-33,41-43H,13-17,39H2,(H2,40,47)(H,44,48)(H,45,49)(H,46,50)(H,51,52). The first-order valence-corrected chi connectivity index (χ1v) is 16.9. The molecule has 3 aromatic heterocycles. The lowest BCUT2D eigenvalue weighted by molar-refractivity contribution is -0.142. The van der Waals surface area contributed by atoms with Crippen LogP contribution in [0.1, 0.15) is 29.5 Å². The highest BCUT2D eigenvalue weighted by Crippen LogP contribution is 2.22. The van der Waals surface area contributed by atoms with Crippen LogP contribution >= 0.6 is 0 Å². The lowest BCUT2D eigenvalue weighted by Crippen LogP contribution is -2.58. The molecule has 3 aromatic carbocycles. The van der Waals surface area contributed by atoms with E-state index in [2.05, 4.69) is 30.9 Å². The molecule has 0 fully saturated rings. The number of benzene rings is 3. The van der Waals surface area contributed by atoms with Crippen LogP contribution in [0, 0.1) is 0 Å².